The fraction of sp³-hybridized carbons (Fsp3) is 0.421. The third-order valence-corrected chi connectivity index (χ3v) is 6.27. The number of carbonyl (C=O) groups excluding carboxylic acids is 2. The van der Waals surface area contributed by atoms with Crippen molar-refractivity contribution in [3.8, 4) is 0 Å². The second-order valence-electron chi connectivity index (χ2n) is 6.75. The number of hydrogen-bond donors (Lipinski definition) is 1. The normalized spacial score (nSPS) is 14.8. The number of nitrogens with one attached hydrogen (secondary N) is 1. The Morgan fingerprint density at radius 1 is 1.19 bits per heavy atom. The maximum atomic E-state index is 13.0. The fourth-order valence-corrected chi connectivity index (χ4v) is 4.18. The van der Waals surface area contributed by atoms with Gasteiger partial charge in [0.05, 0.1) is 0 Å². The van der Waals surface area contributed by atoms with E-state index < -0.39 is 5.91 Å². The van der Waals surface area contributed by atoms with Gasteiger partial charge in [0, 0.05) is 11.7 Å². The van der Waals surface area contributed by atoms with Crippen molar-refractivity contribution in [2.75, 3.05) is 11.4 Å². The van der Waals surface area contributed by atoms with E-state index in [-0.39, 0.29) is 33.5 Å². The van der Waals surface area contributed by atoms with Crippen LogP contribution in [0, 0.1) is 6.92 Å². The smallest absolute Gasteiger partial charge is 0.280 e. The molecule has 144 valence electrons. The second-order valence-corrected chi connectivity index (χ2v) is 8.50. The van der Waals surface area contributed by atoms with E-state index in [0.717, 1.165) is 42.8 Å². The number of rotatable bonds is 5. The van der Waals surface area contributed by atoms with Gasteiger partial charge in [0.15, 0.2) is 5.69 Å². The van der Waals surface area contributed by atoms with E-state index in [1.54, 1.807) is 0 Å². The lowest BCUT2D eigenvalue weighted by molar-refractivity contribution is -0.120. The lowest BCUT2D eigenvalue weighted by atomic mass is 9.95. The van der Waals surface area contributed by atoms with Crippen LogP contribution in [0.5, 0.6) is 0 Å². The fourth-order valence-electron chi connectivity index (χ4n) is 3.19. The van der Waals surface area contributed by atoms with E-state index in [4.69, 9.17) is 23.2 Å². The Hall–Kier alpha value is -1.63. The molecule has 0 spiro atoms. The van der Waals surface area contributed by atoms with E-state index >= 15 is 0 Å². The van der Waals surface area contributed by atoms with Gasteiger partial charge in [-0.1, -0.05) is 60.2 Å². The molecule has 5 nitrogen and oxygen atoms in total. The molecule has 0 aliphatic heterocycles. The molecule has 2 aromatic rings. The molecule has 1 aliphatic rings. The second kappa shape index (κ2) is 9.04. The first kappa shape index (κ1) is 20.1. The van der Waals surface area contributed by atoms with Gasteiger partial charge in [0.25, 0.3) is 5.91 Å². The van der Waals surface area contributed by atoms with Crippen LogP contribution in [0.4, 0.5) is 5.69 Å². The van der Waals surface area contributed by atoms with E-state index in [9.17, 15) is 9.59 Å². The van der Waals surface area contributed by atoms with Crippen LogP contribution in [0.25, 0.3) is 0 Å². The van der Waals surface area contributed by atoms with E-state index in [1.807, 2.05) is 31.2 Å². The lowest BCUT2D eigenvalue weighted by Crippen LogP contribution is -2.45. The summed E-state index contributed by atoms with van der Waals surface area (Å²) in [4.78, 5) is 27.0. The molecule has 27 heavy (non-hydrogen) atoms. The molecule has 1 aliphatic carbocycles. The minimum absolute atomic E-state index is 0.0673. The number of amides is 2. The molecule has 0 bridgehead atoms. The Kier molecular flexibility index (Phi) is 6.73. The van der Waals surface area contributed by atoms with Gasteiger partial charge in [-0.05, 0) is 43.4 Å². The average Bonchev–Trinajstić information content (AvgIpc) is 3.00. The van der Waals surface area contributed by atoms with E-state index in [1.165, 1.54) is 11.3 Å². The zero-order valence-corrected chi connectivity index (χ0v) is 17.3. The zero-order valence-electron chi connectivity index (χ0n) is 15.0. The summed E-state index contributed by atoms with van der Waals surface area (Å²) >= 11 is 13.0. The summed E-state index contributed by atoms with van der Waals surface area (Å²) in [6.45, 7) is 1.87. The highest BCUT2D eigenvalue weighted by Crippen LogP contribution is 2.31. The Labute approximate surface area is 172 Å². The third kappa shape index (κ3) is 5.00. The van der Waals surface area contributed by atoms with Crippen LogP contribution in [0.3, 0.4) is 0 Å². The van der Waals surface area contributed by atoms with Crippen LogP contribution in [-0.2, 0) is 4.79 Å². The topological polar surface area (TPSA) is 62.3 Å². The Morgan fingerprint density at radius 2 is 1.85 bits per heavy atom. The molecular formula is C19H21Cl2N3O2S. The highest BCUT2D eigenvalue weighted by Gasteiger charge is 2.27. The van der Waals surface area contributed by atoms with Crippen molar-refractivity contribution in [2.24, 2.45) is 0 Å². The summed E-state index contributed by atoms with van der Waals surface area (Å²) in [6, 6.07) is 7.58. The van der Waals surface area contributed by atoms with Gasteiger partial charge >= 0.3 is 0 Å². The predicted molar refractivity (Wildman–Crippen MR) is 110 cm³/mol. The summed E-state index contributed by atoms with van der Waals surface area (Å²) in [7, 11) is 0. The van der Waals surface area contributed by atoms with Gasteiger partial charge < -0.3 is 5.32 Å². The van der Waals surface area contributed by atoms with Crippen LogP contribution >= 0.6 is 34.7 Å². The SMILES string of the molecule is Cc1ccc(N(CC(=O)NC2CCCCC2)C(=O)c2nsc(Cl)c2Cl)cc1. The number of anilines is 1. The summed E-state index contributed by atoms with van der Waals surface area (Å²) in [5.41, 5.74) is 1.75. The first-order valence-electron chi connectivity index (χ1n) is 8.94. The lowest BCUT2D eigenvalue weighted by Gasteiger charge is -2.26. The minimum atomic E-state index is -0.439. The first-order valence-corrected chi connectivity index (χ1v) is 10.5. The Bertz CT molecular complexity index is 817. The van der Waals surface area contributed by atoms with E-state index in [0.29, 0.717) is 5.69 Å². The van der Waals surface area contributed by atoms with Gasteiger partial charge in [0.1, 0.15) is 15.9 Å². The van der Waals surface area contributed by atoms with Gasteiger partial charge in [-0.2, -0.15) is 4.37 Å². The highest BCUT2D eigenvalue weighted by atomic mass is 35.5. The monoisotopic (exact) mass is 425 g/mol. The standard InChI is InChI=1S/C19H21Cl2N3O2S/c1-12-7-9-14(10-8-12)24(19(26)17-16(20)18(21)27-23-17)11-15(25)22-13-5-3-2-4-6-13/h7-10,13H,2-6,11H2,1H3,(H,22,25). The van der Waals surface area contributed by atoms with E-state index in [2.05, 4.69) is 9.69 Å². The quantitative estimate of drug-likeness (QED) is 0.743. The summed E-state index contributed by atoms with van der Waals surface area (Å²) in [6.07, 6.45) is 5.43. The van der Waals surface area contributed by atoms with Crippen LogP contribution < -0.4 is 10.2 Å². The molecule has 8 heteroatoms. The molecule has 3 rings (SSSR count). The van der Waals surface area contributed by atoms with Crippen molar-refractivity contribution < 1.29 is 9.59 Å². The number of aryl methyl sites for hydroxylation is 1. The molecule has 0 radical (unpaired) electrons. The van der Waals surface area contributed by atoms with Crippen molar-refractivity contribution in [2.45, 2.75) is 45.1 Å². The van der Waals surface area contributed by atoms with Crippen LogP contribution in [0.2, 0.25) is 9.36 Å². The van der Waals surface area contributed by atoms with Crippen molar-refractivity contribution in [1.29, 1.82) is 0 Å². The molecule has 0 atom stereocenters. The van der Waals surface area contributed by atoms with Gasteiger partial charge in [-0.25, -0.2) is 0 Å². The maximum absolute atomic E-state index is 13.0. The van der Waals surface area contributed by atoms with Gasteiger partial charge in [-0.15, -0.1) is 0 Å². The van der Waals surface area contributed by atoms with Crippen molar-refractivity contribution >= 4 is 52.2 Å². The van der Waals surface area contributed by atoms with Gasteiger partial charge in [-0.3, -0.25) is 14.5 Å². The molecular weight excluding hydrogens is 405 g/mol. The molecule has 0 unspecified atom stereocenters. The molecule has 1 heterocycles. The molecule has 1 N–H and O–H groups in total. The number of halogens is 2. The molecule has 0 saturated heterocycles. The zero-order chi connectivity index (χ0) is 19.4. The maximum Gasteiger partial charge on any atom is 0.280 e. The molecule has 1 fully saturated rings. The summed E-state index contributed by atoms with van der Waals surface area (Å²) < 4.78 is 4.32. The third-order valence-electron chi connectivity index (χ3n) is 4.66. The predicted octanol–water partition coefficient (Wildman–Crippen LogP) is 4.85. The highest BCUT2D eigenvalue weighted by molar-refractivity contribution is 7.11. The van der Waals surface area contributed by atoms with Crippen LogP contribution in [-0.4, -0.2) is 28.8 Å². The number of nitrogens with zero attached hydrogens (tertiary/aromatic N) is 2. The number of hydrogen-bond acceptors (Lipinski definition) is 4. The molecule has 1 aromatic carbocycles. The number of benzene rings is 1. The molecule has 1 aromatic heterocycles. The van der Waals surface area contributed by atoms with Crippen molar-refractivity contribution in [3.05, 3.63) is 44.9 Å². The number of aromatic nitrogens is 1. The largest absolute Gasteiger partial charge is 0.352 e. The summed E-state index contributed by atoms with van der Waals surface area (Å²) in [5.74, 6) is -0.626. The summed E-state index contributed by atoms with van der Waals surface area (Å²) in [5, 5.41) is 3.17. The van der Waals surface area contributed by atoms with Crippen LogP contribution in [0.1, 0.15) is 48.2 Å². The Balaban J connectivity index is 1.81. The molecule has 2 amide bonds. The van der Waals surface area contributed by atoms with Gasteiger partial charge in [0.2, 0.25) is 5.91 Å². The Morgan fingerprint density at radius 3 is 2.44 bits per heavy atom. The van der Waals surface area contributed by atoms with Crippen molar-refractivity contribution in [3.63, 3.8) is 0 Å². The van der Waals surface area contributed by atoms with Crippen molar-refractivity contribution in [1.82, 2.24) is 9.69 Å². The molecule has 1 saturated carbocycles. The average molecular weight is 426 g/mol. The first-order chi connectivity index (χ1) is 13.0. The minimum Gasteiger partial charge on any atom is -0.352 e. The number of carbonyl (C=O) groups is 2. The van der Waals surface area contributed by atoms with Crippen LogP contribution in [0.15, 0.2) is 24.3 Å².